The fourth-order valence-corrected chi connectivity index (χ4v) is 3.64. The van der Waals surface area contributed by atoms with Crippen LogP contribution < -0.4 is 5.73 Å². The number of rotatable bonds is 1. The molecule has 4 heteroatoms. The molecule has 1 amide bonds. The lowest BCUT2D eigenvalue weighted by atomic mass is 10.0. The van der Waals surface area contributed by atoms with Crippen LogP contribution in [0.5, 0.6) is 0 Å². The van der Waals surface area contributed by atoms with Crippen LogP contribution in [0.25, 0.3) is 0 Å². The highest BCUT2D eigenvalue weighted by Gasteiger charge is 2.44. The average Bonchev–Trinajstić information content (AvgIpc) is 2.68. The van der Waals surface area contributed by atoms with Gasteiger partial charge < -0.3 is 10.6 Å². The van der Waals surface area contributed by atoms with E-state index in [1.807, 2.05) is 4.90 Å². The Bertz CT molecular complexity index is 433. The molecule has 0 spiro atoms. The number of likely N-dealkylation sites (tertiary alicyclic amines) is 1. The first-order valence-corrected chi connectivity index (χ1v) is 6.82. The van der Waals surface area contributed by atoms with Crippen molar-refractivity contribution in [3.8, 4) is 0 Å². The van der Waals surface area contributed by atoms with Gasteiger partial charge in [-0.3, -0.25) is 4.79 Å². The van der Waals surface area contributed by atoms with Gasteiger partial charge in [-0.25, -0.2) is 0 Å². The van der Waals surface area contributed by atoms with Crippen molar-refractivity contribution in [2.24, 2.45) is 5.73 Å². The maximum atomic E-state index is 12.1. The molecule has 2 heterocycles. The van der Waals surface area contributed by atoms with E-state index in [9.17, 15) is 4.79 Å². The zero-order valence-electron chi connectivity index (χ0n) is 10.9. The third-order valence-corrected chi connectivity index (χ3v) is 4.35. The highest BCUT2D eigenvalue weighted by Crippen LogP contribution is 2.40. The van der Waals surface area contributed by atoms with Crippen LogP contribution in [0.1, 0.15) is 43.7 Å². The van der Waals surface area contributed by atoms with Crippen molar-refractivity contribution in [1.29, 1.82) is 0 Å². The number of carbonyl (C=O) groups is 1. The number of nitrogens with two attached hydrogens (primary N) is 1. The summed E-state index contributed by atoms with van der Waals surface area (Å²) in [5.74, 6) is 0.169. The smallest absolute Gasteiger partial charge is 0.225 e. The van der Waals surface area contributed by atoms with Crippen LogP contribution in [0.2, 0.25) is 0 Å². The maximum Gasteiger partial charge on any atom is 0.225 e. The van der Waals surface area contributed by atoms with Gasteiger partial charge in [0, 0.05) is 22.9 Å². The first-order chi connectivity index (χ1) is 7.82. The Hall–Kier alpha value is -0.870. The largest absolute Gasteiger partial charge is 0.328 e. The molecular weight excluding hydrogens is 232 g/mol. The van der Waals surface area contributed by atoms with E-state index in [4.69, 9.17) is 5.73 Å². The number of amides is 1. The molecule has 0 saturated carbocycles. The molecule has 1 aliphatic heterocycles. The predicted octanol–water partition coefficient (Wildman–Crippen LogP) is 2.46. The van der Waals surface area contributed by atoms with Gasteiger partial charge in [-0.15, -0.1) is 11.3 Å². The Morgan fingerprint density at radius 2 is 2.12 bits per heavy atom. The first kappa shape index (κ1) is 12.6. The summed E-state index contributed by atoms with van der Waals surface area (Å²) < 4.78 is 0. The molecule has 94 valence electrons. The lowest BCUT2D eigenvalue weighted by molar-refractivity contribution is -0.133. The van der Waals surface area contributed by atoms with Crippen LogP contribution >= 0.6 is 11.3 Å². The normalized spacial score (nSPS) is 25.7. The van der Waals surface area contributed by atoms with E-state index >= 15 is 0 Å². The summed E-state index contributed by atoms with van der Waals surface area (Å²) in [6.07, 6.45) is 0.458. The Labute approximate surface area is 107 Å². The topological polar surface area (TPSA) is 46.3 Å². The van der Waals surface area contributed by atoms with Crippen molar-refractivity contribution in [3.63, 3.8) is 0 Å². The van der Waals surface area contributed by atoms with Gasteiger partial charge in [0.15, 0.2) is 0 Å². The summed E-state index contributed by atoms with van der Waals surface area (Å²) in [4.78, 5) is 15.3. The minimum Gasteiger partial charge on any atom is -0.328 e. The third kappa shape index (κ3) is 2.11. The fraction of sp³-hybridized carbons (Fsp3) is 0.615. The zero-order chi connectivity index (χ0) is 12.8. The molecule has 0 aliphatic carbocycles. The Morgan fingerprint density at radius 1 is 1.47 bits per heavy atom. The van der Waals surface area contributed by atoms with E-state index in [0.717, 1.165) is 0 Å². The van der Waals surface area contributed by atoms with Crippen molar-refractivity contribution in [2.75, 3.05) is 0 Å². The van der Waals surface area contributed by atoms with Crippen LogP contribution in [0, 0.1) is 6.92 Å². The van der Waals surface area contributed by atoms with Crippen molar-refractivity contribution < 1.29 is 4.79 Å². The van der Waals surface area contributed by atoms with E-state index in [-0.39, 0.29) is 23.5 Å². The number of hydrogen-bond acceptors (Lipinski definition) is 3. The average molecular weight is 252 g/mol. The molecule has 2 unspecified atom stereocenters. The molecule has 1 saturated heterocycles. The lowest BCUT2D eigenvalue weighted by Crippen LogP contribution is -2.45. The second-order valence-corrected chi connectivity index (χ2v) is 6.66. The molecule has 2 rings (SSSR count). The second-order valence-electron chi connectivity index (χ2n) is 5.72. The SMILES string of the molecule is Cc1ccsc1C1C(N)CC(=O)N1C(C)(C)C. The summed E-state index contributed by atoms with van der Waals surface area (Å²) in [6, 6.07) is 2.05. The third-order valence-electron chi connectivity index (χ3n) is 3.26. The molecule has 0 bridgehead atoms. The molecule has 17 heavy (non-hydrogen) atoms. The van der Waals surface area contributed by atoms with Gasteiger partial charge in [0.05, 0.1) is 6.04 Å². The Kier molecular flexibility index (Phi) is 3.04. The number of thiophene rings is 1. The van der Waals surface area contributed by atoms with Gasteiger partial charge >= 0.3 is 0 Å². The number of nitrogens with zero attached hydrogens (tertiary/aromatic N) is 1. The van der Waals surface area contributed by atoms with Crippen LogP contribution in [0.3, 0.4) is 0 Å². The van der Waals surface area contributed by atoms with E-state index in [2.05, 4.69) is 39.1 Å². The summed E-state index contributed by atoms with van der Waals surface area (Å²) in [5, 5.41) is 2.07. The van der Waals surface area contributed by atoms with Crippen molar-refractivity contribution in [3.05, 3.63) is 21.9 Å². The van der Waals surface area contributed by atoms with Crippen LogP contribution in [-0.4, -0.2) is 22.4 Å². The highest BCUT2D eigenvalue weighted by atomic mass is 32.1. The number of hydrogen-bond donors (Lipinski definition) is 1. The number of aryl methyl sites for hydroxylation is 1. The Morgan fingerprint density at radius 3 is 2.59 bits per heavy atom. The van der Waals surface area contributed by atoms with E-state index in [1.165, 1.54) is 10.4 Å². The molecule has 0 aromatic carbocycles. The fourth-order valence-electron chi connectivity index (χ4n) is 2.55. The quantitative estimate of drug-likeness (QED) is 0.834. The zero-order valence-corrected chi connectivity index (χ0v) is 11.7. The van der Waals surface area contributed by atoms with Gasteiger partial charge in [0.25, 0.3) is 0 Å². The second kappa shape index (κ2) is 4.10. The van der Waals surface area contributed by atoms with Crippen molar-refractivity contribution in [2.45, 2.75) is 51.7 Å². The number of carbonyl (C=O) groups excluding carboxylic acids is 1. The van der Waals surface area contributed by atoms with E-state index in [1.54, 1.807) is 11.3 Å². The molecule has 3 nitrogen and oxygen atoms in total. The standard InChI is InChI=1S/C13H20N2OS/c1-8-5-6-17-12(8)11-9(14)7-10(16)15(11)13(2,3)4/h5-6,9,11H,7,14H2,1-4H3. The van der Waals surface area contributed by atoms with E-state index < -0.39 is 0 Å². The maximum absolute atomic E-state index is 12.1. The van der Waals surface area contributed by atoms with E-state index in [0.29, 0.717) is 6.42 Å². The van der Waals surface area contributed by atoms with Gasteiger partial charge in [-0.2, -0.15) is 0 Å². The molecule has 2 N–H and O–H groups in total. The molecule has 1 fully saturated rings. The van der Waals surface area contributed by atoms with Crippen LogP contribution in [0.15, 0.2) is 11.4 Å². The molecule has 2 atom stereocenters. The predicted molar refractivity (Wildman–Crippen MR) is 71.0 cm³/mol. The highest BCUT2D eigenvalue weighted by molar-refractivity contribution is 7.10. The summed E-state index contributed by atoms with van der Waals surface area (Å²) in [7, 11) is 0. The first-order valence-electron chi connectivity index (χ1n) is 5.94. The van der Waals surface area contributed by atoms with Gasteiger partial charge in [-0.1, -0.05) is 0 Å². The van der Waals surface area contributed by atoms with Crippen molar-refractivity contribution >= 4 is 17.2 Å². The van der Waals surface area contributed by atoms with Gasteiger partial charge in [-0.05, 0) is 44.7 Å². The minimum atomic E-state index is -0.174. The van der Waals surface area contributed by atoms with Crippen molar-refractivity contribution in [1.82, 2.24) is 4.90 Å². The molecule has 1 aromatic rings. The molecule has 1 aliphatic rings. The molecule has 0 radical (unpaired) electrons. The van der Waals surface area contributed by atoms with Gasteiger partial charge in [0.1, 0.15) is 0 Å². The Balaban J connectivity index is 2.43. The van der Waals surface area contributed by atoms with Gasteiger partial charge in [0.2, 0.25) is 5.91 Å². The minimum absolute atomic E-state index is 0.0440. The summed E-state index contributed by atoms with van der Waals surface area (Å²) in [6.45, 7) is 8.29. The van der Waals surface area contributed by atoms with Crippen LogP contribution in [0.4, 0.5) is 0 Å². The lowest BCUT2D eigenvalue weighted by Gasteiger charge is -2.38. The summed E-state index contributed by atoms with van der Waals surface area (Å²) in [5.41, 5.74) is 7.22. The van der Waals surface area contributed by atoms with Crippen LogP contribution in [-0.2, 0) is 4.79 Å². The monoisotopic (exact) mass is 252 g/mol. The summed E-state index contributed by atoms with van der Waals surface area (Å²) >= 11 is 1.70. The molecule has 1 aromatic heterocycles. The molecular formula is C13H20N2OS.